The summed E-state index contributed by atoms with van der Waals surface area (Å²) in [7, 11) is 0. The van der Waals surface area contributed by atoms with Crippen molar-refractivity contribution in [1.29, 1.82) is 0 Å². The minimum Gasteiger partial charge on any atom is -0.458 e. The van der Waals surface area contributed by atoms with Gasteiger partial charge >= 0.3 is 12.1 Å². The molecule has 34 heavy (non-hydrogen) atoms. The number of rotatable bonds is 19. The standard InChI is InChI=1S/C24H44Cl3NO5S/c1-5-6-7-8-9-10-11-12-13-14-15-31-16-17-34-18-20(21(29)33-23(2,3)4)28-22(30)32-19-24(25,26)27/h20H,5-19H2,1-4H3,(H,28,30)/t20-/m0/s1. The Morgan fingerprint density at radius 2 is 1.44 bits per heavy atom. The van der Waals surface area contributed by atoms with Gasteiger partial charge in [0.1, 0.15) is 18.2 Å². The number of esters is 1. The number of halogens is 3. The third-order valence-corrected chi connectivity index (χ3v) is 6.00. The lowest BCUT2D eigenvalue weighted by molar-refractivity contribution is -0.156. The molecule has 0 aromatic heterocycles. The van der Waals surface area contributed by atoms with Gasteiger partial charge in [-0.05, 0) is 27.2 Å². The molecule has 1 amide bonds. The number of ether oxygens (including phenoxy) is 3. The lowest BCUT2D eigenvalue weighted by atomic mass is 10.1. The van der Waals surface area contributed by atoms with Crippen LogP contribution in [-0.2, 0) is 19.0 Å². The van der Waals surface area contributed by atoms with Gasteiger partial charge < -0.3 is 19.5 Å². The predicted molar refractivity (Wildman–Crippen MR) is 144 cm³/mol. The van der Waals surface area contributed by atoms with Gasteiger partial charge in [-0.1, -0.05) is 99.5 Å². The van der Waals surface area contributed by atoms with E-state index >= 15 is 0 Å². The largest absolute Gasteiger partial charge is 0.458 e. The van der Waals surface area contributed by atoms with Crippen molar-refractivity contribution in [3.05, 3.63) is 0 Å². The molecule has 0 radical (unpaired) electrons. The van der Waals surface area contributed by atoms with Gasteiger partial charge in [0, 0.05) is 18.1 Å². The topological polar surface area (TPSA) is 73.9 Å². The van der Waals surface area contributed by atoms with Crippen LogP contribution in [0, 0.1) is 0 Å². The average Bonchev–Trinajstić information content (AvgIpc) is 2.72. The van der Waals surface area contributed by atoms with Crippen LogP contribution in [0.1, 0.15) is 91.9 Å². The highest BCUT2D eigenvalue weighted by Crippen LogP contribution is 2.26. The van der Waals surface area contributed by atoms with E-state index in [9.17, 15) is 9.59 Å². The van der Waals surface area contributed by atoms with E-state index < -0.39 is 34.1 Å². The number of alkyl carbamates (subject to hydrolysis) is 1. The van der Waals surface area contributed by atoms with Crippen molar-refractivity contribution in [2.75, 3.05) is 31.3 Å². The van der Waals surface area contributed by atoms with Crippen LogP contribution in [-0.4, -0.2) is 58.8 Å². The molecule has 6 nitrogen and oxygen atoms in total. The summed E-state index contributed by atoms with van der Waals surface area (Å²) >= 11 is 18.3. The molecule has 1 atom stereocenters. The molecular weight excluding hydrogens is 521 g/mol. The Kier molecular flexibility index (Phi) is 20.0. The summed E-state index contributed by atoms with van der Waals surface area (Å²) in [4.78, 5) is 24.4. The number of hydrogen-bond donors (Lipinski definition) is 1. The van der Waals surface area contributed by atoms with Gasteiger partial charge in [0.05, 0.1) is 6.61 Å². The van der Waals surface area contributed by atoms with Crippen LogP contribution in [0.25, 0.3) is 0 Å². The van der Waals surface area contributed by atoms with Crippen molar-refractivity contribution in [3.8, 4) is 0 Å². The van der Waals surface area contributed by atoms with Crippen molar-refractivity contribution in [1.82, 2.24) is 5.32 Å². The van der Waals surface area contributed by atoms with E-state index in [1.807, 2.05) is 0 Å². The maximum atomic E-state index is 12.5. The fourth-order valence-electron chi connectivity index (χ4n) is 2.99. The quantitative estimate of drug-likeness (QED) is 0.0997. The maximum Gasteiger partial charge on any atom is 0.408 e. The second-order valence-electron chi connectivity index (χ2n) is 9.29. The van der Waals surface area contributed by atoms with Crippen LogP contribution in [0.3, 0.4) is 0 Å². The SMILES string of the molecule is CCCCCCCCCCCCOCCSC[C@H](NC(=O)OCC(Cl)(Cl)Cl)C(=O)OC(C)(C)C. The number of amides is 1. The molecule has 10 heteroatoms. The molecule has 0 heterocycles. The highest BCUT2D eigenvalue weighted by molar-refractivity contribution is 7.99. The Hall–Kier alpha value is -0.0800. The molecule has 0 bridgehead atoms. The number of nitrogens with one attached hydrogen (secondary N) is 1. The first kappa shape index (κ1) is 33.9. The summed E-state index contributed by atoms with van der Waals surface area (Å²) in [6, 6.07) is -0.880. The Morgan fingerprint density at radius 1 is 0.882 bits per heavy atom. The second-order valence-corrected chi connectivity index (χ2v) is 13.0. The van der Waals surface area contributed by atoms with Gasteiger partial charge in [-0.15, -0.1) is 0 Å². The van der Waals surface area contributed by atoms with Gasteiger partial charge in [-0.2, -0.15) is 11.8 Å². The van der Waals surface area contributed by atoms with Crippen LogP contribution < -0.4 is 5.32 Å². The number of alkyl halides is 3. The molecule has 0 fully saturated rings. The van der Waals surface area contributed by atoms with Crippen molar-refractivity contribution >= 4 is 58.6 Å². The molecular formula is C24H44Cl3NO5S. The first-order valence-electron chi connectivity index (χ1n) is 12.3. The zero-order chi connectivity index (χ0) is 25.9. The van der Waals surface area contributed by atoms with Gasteiger partial charge in [-0.3, -0.25) is 0 Å². The van der Waals surface area contributed by atoms with Crippen LogP contribution in [0.5, 0.6) is 0 Å². The molecule has 0 saturated heterocycles. The van der Waals surface area contributed by atoms with E-state index in [2.05, 4.69) is 12.2 Å². The molecule has 0 aromatic rings. The number of thioether (sulfide) groups is 1. The van der Waals surface area contributed by atoms with E-state index in [4.69, 9.17) is 49.0 Å². The smallest absolute Gasteiger partial charge is 0.408 e. The van der Waals surface area contributed by atoms with Crippen molar-refractivity contribution in [3.63, 3.8) is 0 Å². The summed E-state index contributed by atoms with van der Waals surface area (Å²) in [5.74, 6) is 0.471. The van der Waals surface area contributed by atoms with Gasteiger partial charge in [0.2, 0.25) is 3.79 Å². The van der Waals surface area contributed by atoms with Crippen molar-refractivity contribution < 1.29 is 23.8 Å². The Balaban J connectivity index is 4.01. The van der Waals surface area contributed by atoms with E-state index in [1.54, 1.807) is 20.8 Å². The lowest BCUT2D eigenvalue weighted by Crippen LogP contribution is -2.46. The van der Waals surface area contributed by atoms with E-state index in [1.165, 1.54) is 69.5 Å². The molecule has 0 aliphatic rings. The Morgan fingerprint density at radius 3 is 1.97 bits per heavy atom. The Bertz CT molecular complexity index is 542. The van der Waals surface area contributed by atoms with Crippen LogP contribution >= 0.6 is 46.6 Å². The van der Waals surface area contributed by atoms with E-state index in [-0.39, 0.29) is 0 Å². The zero-order valence-corrected chi connectivity index (χ0v) is 24.4. The lowest BCUT2D eigenvalue weighted by Gasteiger charge is -2.24. The van der Waals surface area contributed by atoms with Crippen molar-refractivity contribution in [2.24, 2.45) is 0 Å². The fourth-order valence-corrected chi connectivity index (χ4v) is 4.01. The van der Waals surface area contributed by atoms with Crippen LogP contribution in [0.2, 0.25) is 0 Å². The molecule has 202 valence electrons. The number of carbonyl (C=O) groups excluding carboxylic acids is 2. The predicted octanol–water partition coefficient (Wildman–Crippen LogP) is 7.46. The summed E-state index contributed by atoms with van der Waals surface area (Å²) in [5.41, 5.74) is -0.679. The summed E-state index contributed by atoms with van der Waals surface area (Å²) in [6.45, 7) is 8.43. The summed E-state index contributed by atoms with van der Waals surface area (Å²) in [5, 5.41) is 2.49. The maximum absolute atomic E-state index is 12.5. The molecule has 0 spiro atoms. The van der Waals surface area contributed by atoms with Gasteiger partial charge in [0.15, 0.2) is 0 Å². The summed E-state index contributed by atoms with van der Waals surface area (Å²) < 4.78 is 14.2. The first-order chi connectivity index (χ1) is 15.9. The number of hydrogen-bond acceptors (Lipinski definition) is 6. The minimum absolute atomic E-state index is 0.319. The van der Waals surface area contributed by atoms with Gasteiger partial charge in [0.25, 0.3) is 0 Å². The van der Waals surface area contributed by atoms with E-state index in [0.717, 1.165) is 13.0 Å². The monoisotopic (exact) mass is 563 g/mol. The number of carbonyl (C=O) groups is 2. The van der Waals surface area contributed by atoms with Crippen LogP contribution in [0.4, 0.5) is 4.79 Å². The second kappa shape index (κ2) is 20.0. The molecule has 0 aromatic carbocycles. The number of unbranched alkanes of at least 4 members (excludes halogenated alkanes) is 9. The molecule has 1 N–H and O–H groups in total. The molecule has 0 aliphatic carbocycles. The molecule has 0 saturated carbocycles. The van der Waals surface area contributed by atoms with Crippen molar-refractivity contribution in [2.45, 2.75) is 107 Å². The normalized spacial score (nSPS) is 12.9. The third-order valence-electron chi connectivity index (χ3n) is 4.65. The highest BCUT2D eigenvalue weighted by atomic mass is 35.6. The zero-order valence-electron chi connectivity index (χ0n) is 21.3. The van der Waals surface area contributed by atoms with Crippen LogP contribution in [0.15, 0.2) is 0 Å². The van der Waals surface area contributed by atoms with E-state index in [0.29, 0.717) is 18.1 Å². The highest BCUT2D eigenvalue weighted by Gasteiger charge is 2.28. The molecule has 0 unspecified atom stereocenters. The molecule has 0 aliphatic heterocycles. The first-order valence-corrected chi connectivity index (χ1v) is 14.6. The Labute approximate surface area is 225 Å². The average molecular weight is 565 g/mol. The van der Waals surface area contributed by atoms with Gasteiger partial charge in [-0.25, -0.2) is 9.59 Å². The fraction of sp³-hybridized carbons (Fsp3) is 0.917. The summed E-state index contributed by atoms with van der Waals surface area (Å²) in [6.07, 6.45) is 12.1. The third kappa shape index (κ3) is 23.7. The minimum atomic E-state index is -1.72. The molecule has 0 rings (SSSR count).